The molecule has 6 nitrogen and oxygen atoms in total. The summed E-state index contributed by atoms with van der Waals surface area (Å²) in [7, 11) is 0. The molecule has 0 spiro atoms. The van der Waals surface area contributed by atoms with Gasteiger partial charge >= 0.3 is 0 Å². The van der Waals surface area contributed by atoms with Gasteiger partial charge in [-0.2, -0.15) is 11.8 Å². The Hall–Kier alpha value is -3.58. The first-order valence-electron chi connectivity index (χ1n) is 11.4. The standard InChI is InChI=1S/C27H27N5OS/c1-34-18-14-23(27-30-29-25-13-4-5-17-32(25)27)28-26(33)19-24(31-15-6-7-16-31)22-12-8-10-20-9-2-3-11-21(20)22/h2-13,15-17,23-24H,14,18-19H2,1H3,(H,28,33)/t23-,24?/m1/s1. The lowest BCUT2D eigenvalue weighted by molar-refractivity contribution is -0.122. The maximum absolute atomic E-state index is 13.5. The lowest BCUT2D eigenvalue weighted by Gasteiger charge is -2.23. The quantitative estimate of drug-likeness (QED) is 0.319. The van der Waals surface area contributed by atoms with E-state index >= 15 is 0 Å². The fraction of sp³-hybridized carbons (Fsp3) is 0.222. The van der Waals surface area contributed by atoms with Crippen LogP contribution in [0.1, 0.15) is 36.3 Å². The molecule has 0 fully saturated rings. The van der Waals surface area contributed by atoms with Crippen molar-refractivity contribution in [3.63, 3.8) is 0 Å². The van der Waals surface area contributed by atoms with Gasteiger partial charge in [0, 0.05) is 18.6 Å². The molecule has 1 N–H and O–H groups in total. The number of hydrogen-bond donors (Lipinski definition) is 1. The number of pyridine rings is 1. The van der Waals surface area contributed by atoms with Crippen molar-refractivity contribution in [3.05, 3.63) is 103 Å². The number of nitrogens with zero attached hydrogens (tertiary/aromatic N) is 4. The third-order valence-corrected chi connectivity index (χ3v) is 6.79. The maximum Gasteiger partial charge on any atom is 0.223 e. The number of amides is 1. The first-order chi connectivity index (χ1) is 16.7. The van der Waals surface area contributed by atoms with E-state index in [1.807, 2.05) is 65.5 Å². The molecule has 0 saturated carbocycles. The molecule has 0 radical (unpaired) electrons. The predicted octanol–water partition coefficient (Wildman–Crippen LogP) is 5.27. The third-order valence-electron chi connectivity index (χ3n) is 6.15. The van der Waals surface area contributed by atoms with Gasteiger partial charge < -0.3 is 9.88 Å². The molecule has 7 heteroatoms. The van der Waals surface area contributed by atoms with Crippen LogP contribution in [0.25, 0.3) is 16.4 Å². The first-order valence-corrected chi connectivity index (χ1v) is 12.8. The first kappa shape index (κ1) is 22.2. The van der Waals surface area contributed by atoms with Gasteiger partial charge in [0.2, 0.25) is 5.91 Å². The van der Waals surface area contributed by atoms with Crippen molar-refractivity contribution in [1.82, 2.24) is 24.5 Å². The number of thioether (sulfide) groups is 1. The zero-order chi connectivity index (χ0) is 23.3. The van der Waals surface area contributed by atoms with Crippen LogP contribution in [0.2, 0.25) is 0 Å². The number of rotatable bonds is 9. The summed E-state index contributed by atoms with van der Waals surface area (Å²) in [6.45, 7) is 0. The van der Waals surface area contributed by atoms with E-state index in [1.54, 1.807) is 11.8 Å². The van der Waals surface area contributed by atoms with E-state index in [2.05, 4.69) is 56.7 Å². The van der Waals surface area contributed by atoms with Gasteiger partial charge in [-0.05, 0) is 59.0 Å². The second kappa shape index (κ2) is 10.1. The summed E-state index contributed by atoms with van der Waals surface area (Å²) in [6, 6.07) is 24.1. The van der Waals surface area contributed by atoms with Gasteiger partial charge in [-0.25, -0.2) is 0 Å². The normalized spacial score (nSPS) is 13.2. The van der Waals surface area contributed by atoms with Crippen LogP contribution in [-0.2, 0) is 4.79 Å². The Balaban J connectivity index is 1.44. The fourth-order valence-electron chi connectivity index (χ4n) is 4.50. The Kier molecular flexibility index (Phi) is 6.62. The molecule has 0 bridgehead atoms. The van der Waals surface area contributed by atoms with Crippen molar-refractivity contribution in [2.24, 2.45) is 0 Å². The van der Waals surface area contributed by atoms with Crippen LogP contribution in [0.3, 0.4) is 0 Å². The second-order valence-electron chi connectivity index (χ2n) is 8.31. The summed E-state index contributed by atoms with van der Waals surface area (Å²) in [6.07, 6.45) is 9.18. The SMILES string of the molecule is CSCC[C@@H](NC(=O)CC(c1cccc2ccccc12)n1cccc1)c1nnc2ccccn12. The molecule has 2 atom stereocenters. The minimum absolute atomic E-state index is 0.00887. The van der Waals surface area contributed by atoms with Gasteiger partial charge in [-0.1, -0.05) is 48.5 Å². The molecular formula is C27H27N5OS. The molecule has 0 aliphatic carbocycles. The molecular weight excluding hydrogens is 442 g/mol. The summed E-state index contributed by atoms with van der Waals surface area (Å²) in [5.74, 6) is 1.67. The van der Waals surface area contributed by atoms with E-state index in [0.29, 0.717) is 6.42 Å². The highest BCUT2D eigenvalue weighted by atomic mass is 32.2. The number of aromatic nitrogens is 4. The minimum Gasteiger partial charge on any atom is -0.346 e. The van der Waals surface area contributed by atoms with Crippen molar-refractivity contribution in [2.45, 2.75) is 24.9 Å². The number of carbonyl (C=O) groups is 1. The third kappa shape index (κ3) is 4.56. The van der Waals surface area contributed by atoms with Gasteiger partial charge in [0.15, 0.2) is 11.5 Å². The Bertz CT molecular complexity index is 1390. The Labute approximate surface area is 203 Å². The van der Waals surface area contributed by atoms with Gasteiger partial charge in [-0.3, -0.25) is 9.20 Å². The van der Waals surface area contributed by atoms with Gasteiger partial charge in [0.05, 0.1) is 18.5 Å². The highest BCUT2D eigenvalue weighted by Gasteiger charge is 2.24. The van der Waals surface area contributed by atoms with Crippen LogP contribution in [0.15, 0.2) is 91.4 Å². The van der Waals surface area contributed by atoms with Crippen LogP contribution in [-0.4, -0.2) is 37.1 Å². The summed E-state index contributed by atoms with van der Waals surface area (Å²) < 4.78 is 4.07. The molecule has 2 aromatic carbocycles. The molecule has 0 saturated heterocycles. The number of hydrogen-bond acceptors (Lipinski definition) is 4. The molecule has 5 aromatic rings. The van der Waals surface area contributed by atoms with E-state index in [4.69, 9.17) is 0 Å². The fourth-order valence-corrected chi connectivity index (χ4v) is 4.97. The highest BCUT2D eigenvalue weighted by molar-refractivity contribution is 7.98. The van der Waals surface area contributed by atoms with E-state index in [9.17, 15) is 4.79 Å². The van der Waals surface area contributed by atoms with Crippen molar-refractivity contribution in [1.29, 1.82) is 0 Å². The molecule has 5 rings (SSSR count). The molecule has 34 heavy (non-hydrogen) atoms. The number of carbonyl (C=O) groups excluding carboxylic acids is 1. The zero-order valence-corrected chi connectivity index (χ0v) is 19.9. The van der Waals surface area contributed by atoms with Crippen molar-refractivity contribution < 1.29 is 4.79 Å². The van der Waals surface area contributed by atoms with Gasteiger partial charge in [-0.15, -0.1) is 10.2 Å². The van der Waals surface area contributed by atoms with Crippen LogP contribution in [0, 0.1) is 0 Å². The minimum atomic E-state index is -0.213. The summed E-state index contributed by atoms with van der Waals surface area (Å²) >= 11 is 1.76. The van der Waals surface area contributed by atoms with Crippen molar-refractivity contribution in [2.75, 3.05) is 12.0 Å². The predicted molar refractivity (Wildman–Crippen MR) is 138 cm³/mol. The Morgan fingerprint density at radius 2 is 1.71 bits per heavy atom. The van der Waals surface area contributed by atoms with Crippen LogP contribution in [0.4, 0.5) is 0 Å². The molecule has 3 aromatic heterocycles. The molecule has 0 aliphatic heterocycles. The zero-order valence-electron chi connectivity index (χ0n) is 19.0. The largest absolute Gasteiger partial charge is 0.346 e. The smallest absolute Gasteiger partial charge is 0.223 e. The summed E-state index contributed by atoms with van der Waals surface area (Å²) in [5.41, 5.74) is 1.92. The Morgan fingerprint density at radius 3 is 2.56 bits per heavy atom. The average Bonchev–Trinajstić information content (AvgIpc) is 3.55. The Morgan fingerprint density at radius 1 is 0.941 bits per heavy atom. The van der Waals surface area contributed by atoms with Crippen LogP contribution in [0.5, 0.6) is 0 Å². The van der Waals surface area contributed by atoms with E-state index in [-0.39, 0.29) is 18.0 Å². The summed E-state index contributed by atoms with van der Waals surface area (Å²) in [4.78, 5) is 13.5. The highest BCUT2D eigenvalue weighted by Crippen LogP contribution is 2.30. The summed E-state index contributed by atoms with van der Waals surface area (Å²) in [5, 5.41) is 14.3. The molecule has 0 aliphatic rings. The average molecular weight is 470 g/mol. The maximum atomic E-state index is 13.5. The lowest BCUT2D eigenvalue weighted by Crippen LogP contribution is -2.32. The lowest BCUT2D eigenvalue weighted by atomic mass is 9.96. The van der Waals surface area contributed by atoms with Gasteiger partial charge in [0.1, 0.15) is 0 Å². The molecule has 172 valence electrons. The topological polar surface area (TPSA) is 64.2 Å². The van der Waals surface area contributed by atoms with Crippen LogP contribution >= 0.6 is 11.8 Å². The molecule has 3 heterocycles. The molecule has 1 amide bonds. The molecule has 1 unspecified atom stereocenters. The van der Waals surface area contributed by atoms with E-state index in [0.717, 1.165) is 29.2 Å². The van der Waals surface area contributed by atoms with E-state index in [1.165, 1.54) is 10.8 Å². The van der Waals surface area contributed by atoms with Gasteiger partial charge in [0.25, 0.3) is 0 Å². The second-order valence-corrected chi connectivity index (χ2v) is 9.29. The van der Waals surface area contributed by atoms with Crippen LogP contribution < -0.4 is 5.32 Å². The number of nitrogens with one attached hydrogen (secondary N) is 1. The van der Waals surface area contributed by atoms with E-state index < -0.39 is 0 Å². The van der Waals surface area contributed by atoms with Crippen molar-refractivity contribution in [3.8, 4) is 0 Å². The number of benzene rings is 2. The van der Waals surface area contributed by atoms with Crippen molar-refractivity contribution >= 4 is 34.1 Å². The monoisotopic (exact) mass is 469 g/mol. The number of fused-ring (bicyclic) bond motifs is 2.